The van der Waals surface area contributed by atoms with E-state index in [4.69, 9.17) is 4.84 Å². The van der Waals surface area contributed by atoms with Crippen LogP contribution in [0.5, 0.6) is 0 Å². The maximum Gasteiger partial charge on any atom is 0.331 e. The topological polar surface area (TPSA) is 43.6 Å². The first-order chi connectivity index (χ1) is 12.0. The highest BCUT2D eigenvalue weighted by atomic mass is 19.1. The zero-order chi connectivity index (χ0) is 18.0. The van der Waals surface area contributed by atoms with Crippen molar-refractivity contribution in [3.8, 4) is 0 Å². The minimum Gasteiger partial charge on any atom is -0.350 e. The lowest BCUT2D eigenvalue weighted by atomic mass is 9.98. The minimum atomic E-state index is -0.492. The number of hydrogen-bond acceptors (Lipinski definition) is 3. The molecule has 1 aromatic heterocycles. The zero-order valence-corrected chi connectivity index (χ0v) is 14.4. The Bertz CT molecular complexity index is 973. The quantitative estimate of drug-likeness (QED) is 0.408. The molecule has 0 fully saturated rings. The van der Waals surface area contributed by atoms with Crippen LogP contribution in [-0.2, 0) is 23.1 Å². The molecule has 0 unspecified atom stereocenters. The average molecular weight is 338 g/mol. The molecule has 1 heterocycles. The molecule has 2 aromatic carbocycles. The van der Waals surface area contributed by atoms with Crippen LogP contribution in [0.3, 0.4) is 0 Å². The normalized spacial score (nSPS) is 11.8. The van der Waals surface area contributed by atoms with E-state index in [1.54, 1.807) is 6.07 Å². The van der Waals surface area contributed by atoms with Crippen molar-refractivity contribution in [3.05, 3.63) is 71.2 Å². The number of fused-ring (bicyclic) bond motifs is 1. The Morgan fingerprint density at radius 3 is 2.72 bits per heavy atom. The van der Waals surface area contributed by atoms with Crippen LogP contribution in [0.15, 0.2) is 53.8 Å². The molecule has 0 spiro atoms. The lowest BCUT2D eigenvalue weighted by Crippen LogP contribution is -2.08. The fourth-order valence-electron chi connectivity index (χ4n) is 2.88. The van der Waals surface area contributed by atoms with E-state index in [0.29, 0.717) is 12.1 Å². The zero-order valence-electron chi connectivity index (χ0n) is 14.4. The number of hydrogen-bond donors (Lipinski definition) is 0. The van der Waals surface area contributed by atoms with Gasteiger partial charge in [-0.3, -0.25) is 0 Å². The molecule has 0 atom stereocenters. The second kappa shape index (κ2) is 6.89. The number of carbonyl (C=O) groups excluding carboxylic acids is 1. The standard InChI is InChI=1S/C20H19FN2O2/c1-13-6-4-5-7-15(13)10-19(22-25-14(2)24)18-12-23(3)20-9-8-16(21)11-17(18)20/h4-9,11-12H,10H2,1-3H3/b22-19+. The predicted octanol–water partition coefficient (Wildman–Crippen LogP) is 4.14. The lowest BCUT2D eigenvalue weighted by molar-refractivity contribution is -0.140. The summed E-state index contributed by atoms with van der Waals surface area (Å²) in [5.41, 5.74) is 4.41. The van der Waals surface area contributed by atoms with E-state index in [1.807, 2.05) is 49.0 Å². The lowest BCUT2D eigenvalue weighted by Gasteiger charge is -2.08. The van der Waals surface area contributed by atoms with Gasteiger partial charge in [-0.2, -0.15) is 0 Å². The number of nitrogens with zero attached hydrogens (tertiary/aromatic N) is 2. The van der Waals surface area contributed by atoms with Crippen LogP contribution in [-0.4, -0.2) is 16.2 Å². The van der Waals surface area contributed by atoms with Crippen LogP contribution in [0, 0.1) is 12.7 Å². The van der Waals surface area contributed by atoms with Gasteiger partial charge >= 0.3 is 5.97 Å². The van der Waals surface area contributed by atoms with Gasteiger partial charge in [-0.25, -0.2) is 9.18 Å². The predicted molar refractivity (Wildman–Crippen MR) is 96.1 cm³/mol. The second-order valence-electron chi connectivity index (χ2n) is 6.04. The van der Waals surface area contributed by atoms with Crippen molar-refractivity contribution in [2.24, 2.45) is 12.2 Å². The fourth-order valence-corrected chi connectivity index (χ4v) is 2.88. The van der Waals surface area contributed by atoms with Gasteiger partial charge in [0.1, 0.15) is 5.82 Å². The van der Waals surface area contributed by atoms with Crippen molar-refractivity contribution in [1.29, 1.82) is 0 Å². The SMILES string of the molecule is CC(=O)O/N=C(\Cc1ccccc1C)c1cn(C)c2ccc(F)cc12. The van der Waals surface area contributed by atoms with E-state index in [9.17, 15) is 9.18 Å². The summed E-state index contributed by atoms with van der Waals surface area (Å²) in [4.78, 5) is 16.1. The molecular weight excluding hydrogens is 319 g/mol. The summed E-state index contributed by atoms with van der Waals surface area (Å²) in [5.74, 6) is -0.809. The summed E-state index contributed by atoms with van der Waals surface area (Å²) < 4.78 is 15.7. The largest absolute Gasteiger partial charge is 0.350 e. The highest BCUT2D eigenvalue weighted by molar-refractivity contribution is 6.11. The fraction of sp³-hybridized carbons (Fsp3) is 0.200. The van der Waals surface area contributed by atoms with Gasteiger partial charge in [0.05, 0.1) is 5.71 Å². The van der Waals surface area contributed by atoms with E-state index in [2.05, 4.69) is 5.16 Å². The average Bonchev–Trinajstić information content (AvgIpc) is 2.89. The molecule has 0 saturated carbocycles. The molecule has 3 rings (SSSR count). The summed E-state index contributed by atoms with van der Waals surface area (Å²) in [6, 6.07) is 12.6. The number of halogens is 1. The third-order valence-electron chi connectivity index (χ3n) is 4.17. The summed E-state index contributed by atoms with van der Waals surface area (Å²) in [6.45, 7) is 3.32. The van der Waals surface area contributed by atoms with Crippen molar-refractivity contribution < 1.29 is 14.0 Å². The molecule has 0 saturated heterocycles. The van der Waals surface area contributed by atoms with Crippen molar-refractivity contribution in [1.82, 2.24) is 4.57 Å². The first-order valence-corrected chi connectivity index (χ1v) is 7.99. The first kappa shape index (κ1) is 16.9. The summed E-state index contributed by atoms with van der Waals surface area (Å²) >= 11 is 0. The molecule has 128 valence electrons. The Morgan fingerprint density at radius 1 is 1.24 bits per heavy atom. The Kier molecular flexibility index (Phi) is 4.65. The summed E-state index contributed by atoms with van der Waals surface area (Å²) in [5, 5.41) is 4.79. The molecule has 25 heavy (non-hydrogen) atoms. The smallest absolute Gasteiger partial charge is 0.331 e. The van der Waals surface area contributed by atoms with Gasteiger partial charge in [0.15, 0.2) is 0 Å². The van der Waals surface area contributed by atoms with Crippen molar-refractivity contribution in [3.63, 3.8) is 0 Å². The van der Waals surface area contributed by atoms with E-state index in [1.165, 1.54) is 19.1 Å². The second-order valence-corrected chi connectivity index (χ2v) is 6.04. The van der Waals surface area contributed by atoms with Crippen LogP contribution >= 0.6 is 0 Å². The van der Waals surface area contributed by atoms with Gasteiger partial charge in [0, 0.05) is 43.1 Å². The monoisotopic (exact) mass is 338 g/mol. The van der Waals surface area contributed by atoms with Crippen LogP contribution in [0.1, 0.15) is 23.6 Å². The molecule has 4 nitrogen and oxygen atoms in total. The third-order valence-corrected chi connectivity index (χ3v) is 4.17. The summed E-state index contributed by atoms with van der Waals surface area (Å²) in [7, 11) is 1.89. The molecule has 0 amide bonds. The molecule has 0 bridgehead atoms. The number of carbonyl (C=O) groups is 1. The highest BCUT2D eigenvalue weighted by Gasteiger charge is 2.16. The minimum absolute atomic E-state index is 0.317. The van der Waals surface area contributed by atoms with Crippen molar-refractivity contribution >= 4 is 22.6 Å². The molecular formula is C20H19FN2O2. The molecule has 5 heteroatoms. The van der Waals surface area contributed by atoms with E-state index < -0.39 is 5.97 Å². The number of oxime groups is 1. The summed E-state index contributed by atoms with van der Waals surface area (Å²) in [6.07, 6.45) is 2.36. The van der Waals surface area contributed by atoms with Gasteiger partial charge < -0.3 is 9.40 Å². The van der Waals surface area contributed by atoms with Gasteiger partial charge in [-0.05, 0) is 36.2 Å². The maximum atomic E-state index is 13.8. The first-order valence-electron chi connectivity index (χ1n) is 7.99. The molecule has 3 aromatic rings. The molecule has 0 N–H and O–H groups in total. The van der Waals surface area contributed by atoms with Gasteiger partial charge in [-0.1, -0.05) is 29.4 Å². The molecule has 0 aliphatic carbocycles. The van der Waals surface area contributed by atoms with Gasteiger partial charge in [0.2, 0.25) is 0 Å². The van der Waals surface area contributed by atoms with Crippen molar-refractivity contribution in [2.45, 2.75) is 20.3 Å². The van der Waals surface area contributed by atoms with Crippen LogP contribution < -0.4 is 0 Å². The van der Waals surface area contributed by atoms with E-state index in [-0.39, 0.29) is 5.82 Å². The van der Waals surface area contributed by atoms with Crippen molar-refractivity contribution in [2.75, 3.05) is 0 Å². The maximum absolute atomic E-state index is 13.8. The molecule has 0 radical (unpaired) electrons. The number of aryl methyl sites for hydroxylation is 2. The van der Waals surface area contributed by atoms with Gasteiger partial charge in [-0.15, -0.1) is 0 Å². The number of aromatic nitrogens is 1. The van der Waals surface area contributed by atoms with E-state index in [0.717, 1.165) is 27.6 Å². The Hall–Kier alpha value is -2.95. The number of rotatable bonds is 4. The molecule has 0 aliphatic rings. The third kappa shape index (κ3) is 3.60. The Labute approximate surface area is 145 Å². The van der Waals surface area contributed by atoms with E-state index >= 15 is 0 Å². The van der Waals surface area contributed by atoms with Gasteiger partial charge in [0.25, 0.3) is 0 Å². The highest BCUT2D eigenvalue weighted by Crippen LogP contribution is 2.24. The van der Waals surface area contributed by atoms with Crippen LogP contribution in [0.25, 0.3) is 10.9 Å². The molecule has 0 aliphatic heterocycles. The Morgan fingerprint density at radius 2 is 2.00 bits per heavy atom. The Balaban J connectivity index is 2.12. The van der Waals surface area contributed by atoms with Crippen LogP contribution in [0.2, 0.25) is 0 Å². The number of benzene rings is 2. The van der Waals surface area contributed by atoms with Crippen LogP contribution in [0.4, 0.5) is 4.39 Å².